The van der Waals surface area contributed by atoms with Crippen LogP contribution in [-0.2, 0) is 19.1 Å². The predicted octanol–water partition coefficient (Wildman–Crippen LogP) is 1.46. The van der Waals surface area contributed by atoms with Crippen molar-refractivity contribution in [2.24, 2.45) is 5.92 Å². The molecule has 7 heteroatoms. The molecule has 1 aliphatic carbocycles. The summed E-state index contributed by atoms with van der Waals surface area (Å²) in [6.07, 6.45) is 4.74. The molecule has 0 radical (unpaired) electrons. The molecule has 0 bridgehead atoms. The number of ether oxygens (including phenoxy) is 1. The van der Waals surface area contributed by atoms with Crippen molar-refractivity contribution in [3.05, 3.63) is 0 Å². The minimum Gasteiger partial charge on any atom is -0.480 e. The molecule has 24 heavy (non-hydrogen) atoms. The van der Waals surface area contributed by atoms with Gasteiger partial charge in [0, 0.05) is 0 Å². The van der Waals surface area contributed by atoms with Crippen molar-refractivity contribution < 1.29 is 24.2 Å². The molecule has 0 saturated heterocycles. The van der Waals surface area contributed by atoms with Crippen LogP contribution in [0.2, 0.25) is 0 Å². The molecule has 1 saturated carbocycles. The quantitative estimate of drug-likeness (QED) is 0.605. The van der Waals surface area contributed by atoms with Crippen LogP contribution in [0.4, 0.5) is 0 Å². The average Bonchev–Trinajstić information content (AvgIpc) is 2.48. The van der Waals surface area contributed by atoms with Gasteiger partial charge in [-0.1, -0.05) is 19.3 Å². The third kappa shape index (κ3) is 7.29. The van der Waals surface area contributed by atoms with Crippen LogP contribution in [0, 0.1) is 5.92 Å². The van der Waals surface area contributed by atoms with Gasteiger partial charge in [0.15, 0.2) is 0 Å². The van der Waals surface area contributed by atoms with E-state index in [-0.39, 0.29) is 12.5 Å². The Labute approximate surface area is 143 Å². The number of amides is 1. The number of carboxylic acid groups (broad SMARTS) is 1. The second kappa shape index (κ2) is 9.01. The van der Waals surface area contributed by atoms with E-state index >= 15 is 0 Å². The Kier molecular flexibility index (Phi) is 7.66. The largest absolute Gasteiger partial charge is 0.480 e. The van der Waals surface area contributed by atoms with Crippen LogP contribution < -0.4 is 10.6 Å². The summed E-state index contributed by atoms with van der Waals surface area (Å²) in [6, 6.07) is -1.55. The maximum atomic E-state index is 12.2. The maximum Gasteiger partial charge on any atom is 0.326 e. The van der Waals surface area contributed by atoms with E-state index in [0.717, 1.165) is 32.1 Å². The first-order chi connectivity index (χ1) is 11.1. The van der Waals surface area contributed by atoms with Crippen LogP contribution in [0.25, 0.3) is 0 Å². The highest BCUT2D eigenvalue weighted by Gasteiger charge is 2.31. The molecule has 0 aromatic heterocycles. The maximum absolute atomic E-state index is 12.2. The molecule has 0 spiro atoms. The zero-order chi connectivity index (χ0) is 18.3. The lowest BCUT2D eigenvalue weighted by molar-refractivity contribution is -0.154. The number of hydrogen-bond donors (Lipinski definition) is 3. The van der Waals surface area contributed by atoms with E-state index in [4.69, 9.17) is 4.74 Å². The number of aliphatic carboxylic acids is 1. The highest BCUT2D eigenvalue weighted by molar-refractivity contribution is 5.87. The fraction of sp³-hybridized carbons (Fsp3) is 0.824. The Balaban J connectivity index is 2.48. The summed E-state index contributed by atoms with van der Waals surface area (Å²) < 4.78 is 5.16. The van der Waals surface area contributed by atoms with Crippen LogP contribution in [-0.4, -0.2) is 47.2 Å². The van der Waals surface area contributed by atoms with Gasteiger partial charge in [0.05, 0.1) is 12.6 Å². The molecule has 1 aliphatic rings. The summed E-state index contributed by atoms with van der Waals surface area (Å²) in [5.41, 5.74) is -0.584. The van der Waals surface area contributed by atoms with Crippen molar-refractivity contribution in [1.29, 1.82) is 0 Å². The number of hydrogen-bond acceptors (Lipinski definition) is 5. The zero-order valence-electron chi connectivity index (χ0n) is 15.1. The molecular weight excluding hydrogens is 312 g/mol. The van der Waals surface area contributed by atoms with Crippen molar-refractivity contribution in [3.63, 3.8) is 0 Å². The Morgan fingerprint density at radius 1 is 1.17 bits per heavy atom. The van der Waals surface area contributed by atoms with Gasteiger partial charge < -0.3 is 15.2 Å². The van der Waals surface area contributed by atoms with Crippen molar-refractivity contribution in [2.45, 2.75) is 77.5 Å². The van der Waals surface area contributed by atoms with Crippen LogP contribution in [0.1, 0.15) is 59.8 Å². The third-order valence-corrected chi connectivity index (χ3v) is 4.05. The Bertz CT molecular complexity index is 452. The molecule has 0 aromatic rings. The Morgan fingerprint density at radius 2 is 1.75 bits per heavy atom. The number of rotatable bonds is 7. The van der Waals surface area contributed by atoms with Gasteiger partial charge in [0.1, 0.15) is 11.6 Å². The molecule has 2 unspecified atom stereocenters. The lowest BCUT2D eigenvalue weighted by atomic mass is 9.84. The summed E-state index contributed by atoms with van der Waals surface area (Å²) >= 11 is 0. The predicted molar refractivity (Wildman–Crippen MR) is 89.5 cm³/mol. The second-order valence-electron chi connectivity index (χ2n) is 7.41. The fourth-order valence-corrected chi connectivity index (χ4v) is 2.83. The molecule has 7 nitrogen and oxygen atoms in total. The van der Waals surface area contributed by atoms with Gasteiger partial charge in [0.2, 0.25) is 5.91 Å². The average molecular weight is 342 g/mol. The van der Waals surface area contributed by atoms with Crippen LogP contribution in [0.15, 0.2) is 0 Å². The summed E-state index contributed by atoms with van der Waals surface area (Å²) in [5.74, 6) is -1.91. The first-order valence-electron chi connectivity index (χ1n) is 8.58. The molecule has 1 rings (SSSR count). The number of carboxylic acids is 1. The smallest absolute Gasteiger partial charge is 0.326 e. The van der Waals surface area contributed by atoms with Crippen molar-refractivity contribution >= 4 is 17.8 Å². The number of carbonyl (C=O) groups is 3. The monoisotopic (exact) mass is 342 g/mol. The van der Waals surface area contributed by atoms with Gasteiger partial charge in [0.25, 0.3) is 0 Å². The standard InChI is InChI=1S/C17H30N2O5/c1-11(18-10-13(20)24-17(2,3)4)15(21)19-14(16(22)23)12-8-6-5-7-9-12/h11-12,14,18H,5-10H2,1-4H3,(H,19,21)(H,22,23). The zero-order valence-corrected chi connectivity index (χ0v) is 15.1. The summed E-state index contributed by atoms with van der Waals surface area (Å²) in [6.45, 7) is 6.79. The Hall–Kier alpha value is -1.63. The Morgan fingerprint density at radius 3 is 2.25 bits per heavy atom. The number of carbonyl (C=O) groups excluding carboxylic acids is 2. The van der Waals surface area contributed by atoms with Crippen LogP contribution in [0.3, 0.4) is 0 Å². The van der Waals surface area contributed by atoms with Gasteiger partial charge in [-0.3, -0.25) is 14.9 Å². The summed E-state index contributed by atoms with van der Waals surface area (Å²) in [7, 11) is 0. The first kappa shape index (κ1) is 20.4. The van der Waals surface area contributed by atoms with E-state index in [0.29, 0.717) is 0 Å². The molecule has 0 heterocycles. The SMILES string of the molecule is CC(NCC(=O)OC(C)(C)C)C(=O)NC(C(=O)O)C1CCCCC1. The minimum absolute atomic E-state index is 0.0294. The van der Waals surface area contributed by atoms with Crippen molar-refractivity contribution in [1.82, 2.24) is 10.6 Å². The van der Waals surface area contributed by atoms with Crippen molar-refractivity contribution in [2.75, 3.05) is 6.54 Å². The van der Waals surface area contributed by atoms with Gasteiger partial charge >= 0.3 is 11.9 Å². The lowest BCUT2D eigenvalue weighted by Gasteiger charge is -2.29. The molecule has 1 amide bonds. The van der Waals surface area contributed by atoms with E-state index in [1.807, 2.05) is 0 Å². The molecule has 2 atom stereocenters. The van der Waals surface area contributed by atoms with E-state index in [1.165, 1.54) is 0 Å². The molecular formula is C17H30N2O5. The number of esters is 1. The highest BCUT2D eigenvalue weighted by atomic mass is 16.6. The first-order valence-corrected chi connectivity index (χ1v) is 8.58. The minimum atomic E-state index is -1.01. The third-order valence-electron chi connectivity index (χ3n) is 4.05. The second-order valence-corrected chi connectivity index (χ2v) is 7.41. The fourth-order valence-electron chi connectivity index (χ4n) is 2.83. The van der Waals surface area contributed by atoms with Crippen molar-refractivity contribution in [3.8, 4) is 0 Å². The molecule has 138 valence electrons. The van der Waals surface area contributed by atoms with E-state index < -0.39 is 35.5 Å². The molecule has 3 N–H and O–H groups in total. The van der Waals surface area contributed by atoms with Crippen LogP contribution >= 0.6 is 0 Å². The van der Waals surface area contributed by atoms with E-state index in [9.17, 15) is 19.5 Å². The lowest BCUT2D eigenvalue weighted by Crippen LogP contribution is -2.53. The summed E-state index contributed by atoms with van der Waals surface area (Å²) in [5, 5.41) is 14.8. The normalized spacial score (nSPS) is 18.5. The summed E-state index contributed by atoms with van der Waals surface area (Å²) in [4.78, 5) is 35.3. The van der Waals surface area contributed by atoms with Gasteiger partial charge in [-0.25, -0.2) is 4.79 Å². The van der Waals surface area contributed by atoms with Gasteiger partial charge in [-0.15, -0.1) is 0 Å². The van der Waals surface area contributed by atoms with E-state index in [2.05, 4.69) is 10.6 Å². The topological polar surface area (TPSA) is 105 Å². The molecule has 0 aliphatic heterocycles. The number of nitrogens with one attached hydrogen (secondary N) is 2. The van der Waals surface area contributed by atoms with Crippen LogP contribution in [0.5, 0.6) is 0 Å². The van der Waals surface area contributed by atoms with Gasteiger partial charge in [-0.05, 0) is 46.5 Å². The molecule has 0 aromatic carbocycles. The molecule has 1 fully saturated rings. The highest BCUT2D eigenvalue weighted by Crippen LogP contribution is 2.26. The van der Waals surface area contributed by atoms with Gasteiger partial charge in [-0.2, -0.15) is 0 Å². The van der Waals surface area contributed by atoms with E-state index in [1.54, 1.807) is 27.7 Å².